The second-order valence-electron chi connectivity index (χ2n) is 5.00. The van der Waals surface area contributed by atoms with Gasteiger partial charge in [0.25, 0.3) is 5.69 Å². The summed E-state index contributed by atoms with van der Waals surface area (Å²) in [4.78, 5) is 10.00. The van der Waals surface area contributed by atoms with Gasteiger partial charge in [-0.1, -0.05) is 17.7 Å². The number of halogens is 2. The summed E-state index contributed by atoms with van der Waals surface area (Å²) in [5.74, 6) is -0.619. The highest BCUT2D eigenvalue weighted by Gasteiger charge is 2.23. The van der Waals surface area contributed by atoms with Crippen molar-refractivity contribution in [3.8, 4) is 0 Å². The molecule has 1 unspecified atom stereocenters. The standard InChI is InChI=1S/C15H12ClFN2O2/c16-10-2-4-12-9(7-10)1-5-14(12)18-15-6-3-11(19(20)21)8-13(15)17/h2-4,6-8,14,18H,1,5H2. The lowest BCUT2D eigenvalue weighted by Gasteiger charge is -2.16. The van der Waals surface area contributed by atoms with Crippen molar-refractivity contribution >= 4 is 23.0 Å². The monoisotopic (exact) mass is 306 g/mol. The molecule has 6 heteroatoms. The fourth-order valence-corrected chi connectivity index (χ4v) is 2.85. The van der Waals surface area contributed by atoms with Crippen molar-refractivity contribution < 1.29 is 9.31 Å². The van der Waals surface area contributed by atoms with Crippen LogP contribution in [-0.2, 0) is 6.42 Å². The predicted octanol–water partition coefficient (Wildman–Crippen LogP) is 4.49. The SMILES string of the molecule is O=[N+]([O-])c1ccc(NC2CCc3cc(Cl)ccc32)c(F)c1. The van der Waals surface area contributed by atoms with Gasteiger partial charge in [0.2, 0.25) is 0 Å². The molecular weight excluding hydrogens is 295 g/mol. The number of nitrogens with one attached hydrogen (secondary N) is 1. The van der Waals surface area contributed by atoms with E-state index in [-0.39, 0.29) is 17.4 Å². The van der Waals surface area contributed by atoms with Gasteiger partial charge in [0.1, 0.15) is 0 Å². The number of anilines is 1. The van der Waals surface area contributed by atoms with Gasteiger partial charge in [-0.05, 0) is 42.2 Å². The van der Waals surface area contributed by atoms with Crippen LogP contribution in [0.15, 0.2) is 36.4 Å². The number of aryl methyl sites for hydroxylation is 1. The van der Waals surface area contributed by atoms with Crippen LogP contribution in [0, 0.1) is 15.9 Å². The third-order valence-electron chi connectivity index (χ3n) is 3.68. The molecule has 0 aliphatic heterocycles. The highest BCUT2D eigenvalue weighted by atomic mass is 35.5. The van der Waals surface area contributed by atoms with Crippen molar-refractivity contribution in [3.05, 3.63) is 68.5 Å². The quantitative estimate of drug-likeness (QED) is 0.671. The Morgan fingerprint density at radius 1 is 1.29 bits per heavy atom. The van der Waals surface area contributed by atoms with Crippen LogP contribution >= 0.6 is 11.6 Å². The minimum absolute atomic E-state index is 0.00628. The summed E-state index contributed by atoms with van der Waals surface area (Å²) in [6.07, 6.45) is 1.72. The van der Waals surface area contributed by atoms with Crippen LogP contribution in [0.25, 0.3) is 0 Å². The van der Waals surface area contributed by atoms with Gasteiger partial charge in [0.15, 0.2) is 5.82 Å². The molecule has 0 amide bonds. The van der Waals surface area contributed by atoms with Crippen LogP contribution in [0.4, 0.5) is 15.8 Å². The van der Waals surface area contributed by atoms with Gasteiger partial charge in [0, 0.05) is 11.1 Å². The Bertz CT molecular complexity index is 721. The molecule has 0 spiro atoms. The number of nitrogens with zero attached hydrogens (tertiary/aromatic N) is 1. The summed E-state index contributed by atoms with van der Waals surface area (Å²) in [7, 11) is 0. The number of rotatable bonds is 3. The summed E-state index contributed by atoms with van der Waals surface area (Å²) in [5, 5.41) is 14.4. The summed E-state index contributed by atoms with van der Waals surface area (Å²) in [6, 6.07) is 9.29. The first-order valence-corrected chi connectivity index (χ1v) is 6.91. The minimum Gasteiger partial charge on any atom is -0.376 e. The Balaban J connectivity index is 1.84. The molecule has 0 saturated heterocycles. The third kappa shape index (κ3) is 2.69. The lowest BCUT2D eigenvalue weighted by molar-refractivity contribution is -0.385. The zero-order valence-electron chi connectivity index (χ0n) is 11.0. The smallest absolute Gasteiger partial charge is 0.272 e. The van der Waals surface area contributed by atoms with E-state index in [4.69, 9.17) is 11.6 Å². The van der Waals surface area contributed by atoms with E-state index in [1.54, 1.807) is 0 Å². The predicted molar refractivity (Wildman–Crippen MR) is 79.2 cm³/mol. The first kappa shape index (κ1) is 13.8. The largest absolute Gasteiger partial charge is 0.376 e. The Morgan fingerprint density at radius 2 is 2.10 bits per heavy atom. The van der Waals surface area contributed by atoms with Crippen LogP contribution < -0.4 is 5.32 Å². The van der Waals surface area contributed by atoms with Crippen molar-refractivity contribution in [2.24, 2.45) is 0 Å². The van der Waals surface area contributed by atoms with Gasteiger partial charge in [-0.2, -0.15) is 0 Å². The Morgan fingerprint density at radius 3 is 2.81 bits per heavy atom. The number of benzene rings is 2. The number of hydrogen-bond donors (Lipinski definition) is 1. The lowest BCUT2D eigenvalue weighted by atomic mass is 10.1. The van der Waals surface area contributed by atoms with Crippen LogP contribution in [0.5, 0.6) is 0 Å². The molecule has 0 radical (unpaired) electrons. The zero-order chi connectivity index (χ0) is 15.0. The summed E-state index contributed by atoms with van der Waals surface area (Å²) in [6.45, 7) is 0. The fraction of sp³-hybridized carbons (Fsp3) is 0.200. The fourth-order valence-electron chi connectivity index (χ4n) is 2.66. The van der Waals surface area contributed by atoms with E-state index >= 15 is 0 Å². The van der Waals surface area contributed by atoms with E-state index in [0.717, 1.165) is 30.0 Å². The highest BCUT2D eigenvalue weighted by Crippen LogP contribution is 2.36. The first-order chi connectivity index (χ1) is 10.0. The number of fused-ring (bicyclic) bond motifs is 1. The average Bonchev–Trinajstić information content (AvgIpc) is 2.83. The van der Waals surface area contributed by atoms with Crippen molar-refractivity contribution in [1.29, 1.82) is 0 Å². The summed E-state index contributed by atoms with van der Waals surface area (Å²) in [5.41, 5.74) is 2.27. The number of hydrogen-bond acceptors (Lipinski definition) is 3. The molecule has 1 aliphatic carbocycles. The van der Waals surface area contributed by atoms with Gasteiger partial charge in [-0.3, -0.25) is 10.1 Å². The molecule has 0 aromatic heterocycles. The van der Waals surface area contributed by atoms with Crippen molar-refractivity contribution in [3.63, 3.8) is 0 Å². The first-order valence-electron chi connectivity index (χ1n) is 6.53. The maximum absolute atomic E-state index is 13.9. The molecule has 0 fully saturated rings. The van der Waals surface area contributed by atoms with Crippen LogP contribution in [0.2, 0.25) is 5.02 Å². The Labute approximate surface area is 125 Å². The lowest BCUT2D eigenvalue weighted by Crippen LogP contribution is -2.08. The molecule has 0 heterocycles. The molecule has 108 valence electrons. The van der Waals surface area contributed by atoms with Gasteiger partial charge >= 0.3 is 0 Å². The molecular formula is C15H12ClFN2O2. The number of nitro groups is 1. The van der Waals surface area contributed by atoms with E-state index in [1.807, 2.05) is 18.2 Å². The summed E-state index contributed by atoms with van der Waals surface area (Å²) >= 11 is 5.96. The van der Waals surface area contributed by atoms with Crippen molar-refractivity contribution in [2.45, 2.75) is 18.9 Å². The normalized spacial score (nSPS) is 16.6. The molecule has 2 aromatic rings. The van der Waals surface area contributed by atoms with E-state index in [0.29, 0.717) is 5.02 Å². The van der Waals surface area contributed by atoms with Gasteiger partial charge in [-0.25, -0.2) is 4.39 Å². The average molecular weight is 307 g/mol. The van der Waals surface area contributed by atoms with Crippen molar-refractivity contribution in [1.82, 2.24) is 0 Å². The van der Waals surface area contributed by atoms with Gasteiger partial charge in [0.05, 0.1) is 22.7 Å². The second kappa shape index (κ2) is 5.33. The van der Waals surface area contributed by atoms with E-state index in [2.05, 4.69) is 5.32 Å². The highest BCUT2D eigenvalue weighted by molar-refractivity contribution is 6.30. The van der Waals surface area contributed by atoms with Crippen LogP contribution in [-0.4, -0.2) is 4.92 Å². The minimum atomic E-state index is -0.619. The number of non-ortho nitro benzene ring substituents is 1. The zero-order valence-corrected chi connectivity index (χ0v) is 11.7. The second-order valence-corrected chi connectivity index (χ2v) is 5.44. The molecule has 0 bridgehead atoms. The van der Waals surface area contributed by atoms with Gasteiger partial charge < -0.3 is 5.32 Å². The molecule has 3 rings (SSSR count). The molecule has 2 aromatic carbocycles. The molecule has 1 aliphatic rings. The molecule has 1 N–H and O–H groups in total. The number of nitro benzene ring substituents is 1. The van der Waals surface area contributed by atoms with E-state index in [9.17, 15) is 14.5 Å². The Kier molecular flexibility index (Phi) is 3.51. The van der Waals surface area contributed by atoms with E-state index in [1.165, 1.54) is 12.1 Å². The van der Waals surface area contributed by atoms with Crippen LogP contribution in [0.3, 0.4) is 0 Å². The maximum Gasteiger partial charge on any atom is 0.272 e. The van der Waals surface area contributed by atoms with Gasteiger partial charge in [-0.15, -0.1) is 0 Å². The summed E-state index contributed by atoms with van der Waals surface area (Å²) < 4.78 is 13.9. The molecule has 1 atom stereocenters. The van der Waals surface area contributed by atoms with Crippen LogP contribution in [0.1, 0.15) is 23.6 Å². The van der Waals surface area contributed by atoms with Crippen molar-refractivity contribution in [2.75, 3.05) is 5.32 Å². The molecule has 21 heavy (non-hydrogen) atoms. The molecule has 4 nitrogen and oxygen atoms in total. The topological polar surface area (TPSA) is 55.2 Å². The third-order valence-corrected chi connectivity index (χ3v) is 3.91. The maximum atomic E-state index is 13.9. The Hall–Kier alpha value is -2.14. The molecule has 0 saturated carbocycles. The van der Waals surface area contributed by atoms with E-state index < -0.39 is 10.7 Å².